The predicted molar refractivity (Wildman–Crippen MR) is 61.4 cm³/mol. The third-order valence-electron chi connectivity index (χ3n) is 2.00. The number of carbonyl (C=O) groups is 1. The molecule has 1 aromatic heterocycles. The topological polar surface area (TPSA) is 68.3 Å². The molecular weight excluding hydrogens is 212 g/mol. The minimum absolute atomic E-state index is 0.296. The molecule has 4 nitrogen and oxygen atoms in total. The number of carbonyl (C=O) groups excluding carboxylic acids is 1. The fraction of sp³-hybridized carbons (Fsp3) is 0.500. The number of hydrogen-bond acceptors (Lipinski definition) is 4. The zero-order valence-corrected chi connectivity index (χ0v) is 9.60. The van der Waals surface area contributed by atoms with Crippen molar-refractivity contribution in [2.75, 3.05) is 5.75 Å². The van der Waals surface area contributed by atoms with Gasteiger partial charge < -0.3 is 4.42 Å². The van der Waals surface area contributed by atoms with Crippen LogP contribution in [0, 0.1) is 0 Å². The van der Waals surface area contributed by atoms with E-state index >= 15 is 0 Å². The van der Waals surface area contributed by atoms with Crippen molar-refractivity contribution in [3.63, 3.8) is 0 Å². The van der Waals surface area contributed by atoms with Gasteiger partial charge in [-0.2, -0.15) is 11.8 Å². The van der Waals surface area contributed by atoms with Crippen LogP contribution in [-0.2, 0) is 5.75 Å². The van der Waals surface area contributed by atoms with Gasteiger partial charge in [-0.15, -0.1) is 0 Å². The molecule has 0 saturated carbocycles. The van der Waals surface area contributed by atoms with Crippen LogP contribution in [0.25, 0.3) is 0 Å². The molecule has 0 aliphatic rings. The molecule has 0 unspecified atom stereocenters. The van der Waals surface area contributed by atoms with Crippen LogP contribution in [0.15, 0.2) is 16.7 Å². The quantitative estimate of drug-likeness (QED) is 0.338. The number of nitrogen functional groups attached to an aromatic ring is 1. The molecule has 0 bridgehead atoms. The van der Waals surface area contributed by atoms with E-state index in [1.165, 1.54) is 19.1 Å². The van der Waals surface area contributed by atoms with Crippen molar-refractivity contribution in [3.05, 3.63) is 23.7 Å². The van der Waals surface area contributed by atoms with Gasteiger partial charge in [-0.1, -0.05) is 13.3 Å². The first kappa shape index (κ1) is 12.1. The Morgan fingerprint density at radius 1 is 1.67 bits per heavy atom. The lowest BCUT2D eigenvalue weighted by atomic mass is 10.2. The second-order valence-electron chi connectivity index (χ2n) is 3.14. The molecule has 15 heavy (non-hydrogen) atoms. The summed E-state index contributed by atoms with van der Waals surface area (Å²) in [5.74, 6) is 7.26. The summed E-state index contributed by atoms with van der Waals surface area (Å²) in [6.07, 6.45) is 3.88. The maximum Gasteiger partial charge on any atom is 0.268 e. The van der Waals surface area contributed by atoms with Gasteiger partial charge in [0.05, 0.1) is 17.6 Å². The Hall–Kier alpha value is -0.940. The number of rotatable bonds is 6. The highest BCUT2D eigenvalue weighted by atomic mass is 32.2. The van der Waals surface area contributed by atoms with E-state index in [1.807, 2.05) is 0 Å². The van der Waals surface area contributed by atoms with Crippen LogP contribution < -0.4 is 11.3 Å². The van der Waals surface area contributed by atoms with Crippen molar-refractivity contribution in [3.8, 4) is 0 Å². The van der Waals surface area contributed by atoms with Crippen LogP contribution in [0.1, 0.15) is 35.9 Å². The van der Waals surface area contributed by atoms with E-state index in [0.717, 1.165) is 11.5 Å². The predicted octanol–water partition coefficient (Wildman–Crippen LogP) is 1.92. The van der Waals surface area contributed by atoms with Crippen LogP contribution in [0.5, 0.6) is 0 Å². The van der Waals surface area contributed by atoms with Gasteiger partial charge in [-0.3, -0.25) is 10.2 Å². The number of furan rings is 1. The first-order valence-corrected chi connectivity index (χ1v) is 6.10. The van der Waals surface area contributed by atoms with Crippen molar-refractivity contribution < 1.29 is 9.21 Å². The zero-order chi connectivity index (χ0) is 11.1. The average Bonchev–Trinajstić information content (AvgIpc) is 2.71. The summed E-state index contributed by atoms with van der Waals surface area (Å²) in [7, 11) is 0. The molecule has 1 rings (SSSR count). The van der Waals surface area contributed by atoms with Gasteiger partial charge in [-0.05, 0) is 18.2 Å². The maximum absolute atomic E-state index is 11.3. The number of nitrogens with one attached hydrogen (secondary N) is 1. The monoisotopic (exact) mass is 228 g/mol. The minimum Gasteiger partial charge on any atom is -0.468 e. The Morgan fingerprint density at radius 2 is 2.47 bits per heavy atom. The minimum atomic E-state index is -0.296. The van der Waals surface area contributed by atoms with Gasteiger partial charge in [0.1, 0.15) is 5.76 Å². The molecule has 0 radical (unpaired) electrons. The van der Waals surface area contributed by atoms with Gasteiger partial charge in [-0.25, -0.2) is 5.84 Å². The zero-order valence-electron chi connectivity index (χ0n) is 8.79. The van der Waals surface area contributed by atoms with E-state index in [-0.39, 0.29) is 5.91 Å². The lowest BCUT2D eigenvalue weighted by molar-refractivity contribution is 0.0952. The lowest BCUT2D eigenvalue weighted by Gasteiger charge is -2.01. The summed E-state index contributed by atoms with van der Waals surface area (Å²) < 4.78 is 5.23. The smallest absolute Gasteiger partial charge is 0.268 e. The van der Waals surface area contributed by atoms with Crippen LogP contribution in [0.2, 0.25) is 0 Å². The summed E-state index contributed by atoms with van der Waals surface area (Å²) in [5, 5.41) is 0. The van der Waals surface area contributed by atoms with Crippen LogP contribution in [0.4, 0.5) is 0 Å². The molecular formula is C10H16N2O2S. The Balaban J connectivity index is 2.46. The highest BCUT2D eigenvalue weighted by Gasteiger charge is 2.12. The first-order valence-electron chi connectivity index (χ1n) is 4.94. The molecule has 0 aliphatic heterocycles. The average molecular weight is 228 g/mol. The number of hydrogen-bond donors (Lipinski definition) is 2. The van der Waals surface area contributed by atoms with Crippen molar-refractivity contribution in [1.82, 2.24) is 5.43 Å². The van der Waals surface area contributed by atoms with Gasteiger partial charge in [0.15, 0.2) is 0 Å². The summed E-state index contributed by atoms with van der Waals surface area (Å²) in [6, 6.07) is 1.64. The number of thioether (sulfide) groups is 1. The molecule has 84 valence electrons. The Bertz CT molecular complexity index is 312. The SMILES string of the molecule is CCCCSCc1occc1C(=O)NN. The third-order valence-corrected chi connectivity index (χ3v) is 3.04. The largest absolute Gasteiger partial charge is 0.468 e. The molecule has 1 heterocycles. The number of amides is 1. The molecule has 0 aromatic carbocycles. The van der Waals surface area contributed by atoms with Gasteiger partial charge in [0.2, 0.25) is 0 Å². The Morgan fingerprint density at radius 3 is 3.13 bits per heavy atom. The molecule has 5 heteroatoms. The van der Waals surface area contributed by atoms with Gasteiger partial charge in [0, 0.05) is 0 Å². The van der Waals surface area contributed by atoms with Gasteiger partial charge in [0.25, 0.3) is 5.91 Å². The molecule has 0 saturated heterocycles. The van der Waals surface area contributed by atoms with E-state index in [1.54, 1.807) is 17.8 Å². The van der Waals surface area contributed by atoms with E-state index < -0.39 is 0 Å². The van der Waals surface area contributed by atoms with Crippen LogP contribution in [0.3, 0.4) is 0 Å². The molecule has 1 aromatic rings. The summed E-state index contributed by atoms with van der Waals surface area (Å²) in [6.45, 7) is 2.15. The maximum atomic E-state index is 11.3. The highest BCUT2D eigenvalue weighted by molar-refractivity contribution is 7.98. The Kier molecular flexibility index (Phi) is 5.28. The van der Waals surface area contributed by atoms with E-state index in [0.29, 0.717) is 11.3 Å². The van der Waals surface area contributed by atoms with E-state index in [4.69, 9.17) is 10.3 Å². The van der Waals surface area contributed by atoms with Crippen molar-refractivity contribution in [2.24, 2.45) is 5.84 Å². The van der Waals surface area contributed by atoms with Crippen LogP contribution in [-0.4, -0.2) is 11.7 Å². The summed E-state index contributed by atoms with van der Waals surface area (Å²) >= 11 is 1.76. The Labute approximate surface area is 93.6 Å². The second-order valence-corrected chi connectivity index (χ2v) is 4.24. The fourth-order valence-electron chi connectivity index (χ4n) is 1.14. The molecule has 3 N–H and O–H groups in total. The van der Waals surface area contributed by atoms with E-state index in [9.17, 15) is 4.79 Å². The third kappa shape index (κ3) is 3.60. The lowest BCUT2D eigenvalue weighted by Crippen LogP contribution is -2.30. The standard InChI is InChI=1S/C10H16N2O2S/c1-2-3-6-15-7-9-8(4-5-14-9)10(13)12-11/h4-5H,2-3,6-7,11H2,1H3,(H,12,13). The number of unbranched alkanes of at least 4 members (excludes halogenated alkanes) is 1. The van der Waals surface area contributed by atoms with Crippen molar-refractivity contribution >= 4 is 17.7 Å². The first-order chi connectivity index (χ1) is 7.29. The normalized spacial score (nSPS) is 10.3. The summed E-state index contributed by atoms with van der Waals surface area (Å²) in [5.41, 5.74) is 2.63. The fourth-order valence-corrected chi connectivity index (χ4v) is 2.19. The molecule has 0 spiro atoms. The van der Waals surface area contributed by atoms with E-state index in [2.05, 4.69) is 12.3 Å². The molecule has 0 aliphatic carbocycles. The van der Waals surface area contributed by atoms with Crippen molar-refractivity contribution in [2.45, 2.75) is 25.5 Å². The molecule has 0 fully saturated rings. The summed E-state index contributed by atoms with van der Waals surface area (Å²) in [4.78, 5) is 11.3. The second kappa shape index (κ2) is 6.53. The van der Waals surface area contributed by atoms with Crippen molar-refractivity contribution in [1.29, 1.82) is 0 Å². The number of nitrogens with two attached hydrogens (primary N) is 1. The number of hydrazine groups is 1. The highest BCUT2D eigenvalue weighted by Crippen LogP contribution is 2.18. The van der Waals surface area contributed by atoms with Gasteiger partial charge >= 0.3 is 0 Å². The molecule has 1 amide bonds. The molecule has 0 atom stereocenters. The van der Waals surface area contributed by atoms with Crippen LogP contribution >= 0.6 is 11.8 Å².